The molecule has 0 aliphatic heterocycles. The van der Waals surface area contributed by atoms with Crippen molar-refractivity contribution in [3.63, 3.8) is 0 Å². The maximum absolute atomic E-state index is 11.9. The second-order valence-corrected chi connectivity index (χ2v) is 4.14. The highest BCUT2D eigenvalue weighted by Gasteiger charge is 2.16. The van der Waals surface area contributed by atoms with E-state index in [0.29, 0.717) is 5.69 Å². The Labute approximate surface area is 112 Å². The summed E-state index contributed by atoms with van der Waals surface area (Å²) in [5, 5.41) is 8.73. The molecule has 1 amide bonds. The standard InChI is InChI=1S/C14H19NO4/c1-3-11-4-6-12(7-5-11)15(9-8-14(17)18)13(16)10-19-2/h4-7H,3,8-10H2,1-2H3,(H,17,18). The van der Waals surface area contributed by atoms with Gasteiger partial charge in [-0.1, -0.05) is 19.1 Å². The van der Waals surface area contributed by atoms with Gasteiger partial charge in [0.2, 0.25) is 0 Å². The molecule has 0 saturated carbocycles. The Hall–Kier alpha value is -1.88. The summed E-state index contributed by atoms with van der Waals surface area (Å²) in [6.07, 6.45) is 0.826. The summed E-state index contributed by atoms with van der Waals surface area (Å²) in [5.41, 5.74) is 1.86. The van der Waals surface area contributed by atoms with Crippen LogP contribution < -0.4 is 4.90 Å². The highest BCUT2D eigenvalue weighted by atomic mass is 16.5. The average Bonchev–Trinajstić information content (AvgIpc) is 2.39. The lowest BCUT2D eigenvalue weighted by atomic mass is 10.1. The van der Waals surface area contributed by atoms with E-state index in [0.717, 1.165) is 6.42 Å². The Morgan fingerprint density at radius 1 is 1.26 bits per heavy atom. The fourth-order valence-electron chi connectivity index (χ4n) is 1.72. The number of carbonyl (C=O) groups is 2. The van der Waals surface area contributed by atoms with Crippen LogP contribution >= 0.6 is 0 Å². The molecule has 0 radical (unpaired) electrons. The summed E-state index contributed by atoms with van der Waals surface area (Å²) in [6.45, 7) is 2.13. The lowest BCUT2D eigenvalue weighted by molar-refractivity contribution is -0.136. The lowest BCUT2D eigenvalue weighted by Crippen LogP contribution is -2.35. The molecule has 0 atom stereocenters. The number of rotatable bonds is 7. The monoisotopic (exact) mass is 265 g/mol. The van der Waals surface area contributed by atoms with Gasteiger partial charge in [0.15, 0.2) is 0 Å². The van der Waals surface area contributed by atoms with Crippen LogP contribution in [0.25, 0.3) is 0 Å². The van der Waals surface area contributed by atoms with Crippen molar-refractivity contribution < 1.29 is 19.4 Å². The van der Waals surface area contributed by atoms with Crippen LogP contribution in [0.5, 0.6) is 0 Å². The first-order valence-corrected chi connectivity index (χ1v) is 6.18. The largest absolute Gasteiger partial charge is 0.481 e. The number of aliphatic carboxylic acids is 1. The molecular formula is C14H19NO4. The van der Waals surface area contributed by atoms with Crippen molar-refractivity contribution >= 4 is 17.6 Å². The first-order valence-electron chi connectivity index (χ1n) is 6.18. The molecule has 0 aliphatic carbocycles. The van der Waals surface area contributed by atoms with Gasteiger partial charge >= 0.3 is 5.97 Å². The van der Waals surface area contributed by atoms with Gasteiger partial charge < -0.3 is 14.7 Å². The van der Waals surface area contributed by atoms with Crippen LogP contribution in [0.15, 0.2) is 24.3 Å². The van der Waals surface area contributed by atoms with Crippen molar-refractivity contribution in [2.45, 2.75) is 19.8 Å². The van der Waals surface area contributed by atoms with Gasteiger partial charge in [-0.2, -0.15) is 0 Å². The molecule has 0 spiro atoms. The van der Waals surface area contributed by atoms with Crippen LogP contribution in [0.1, 0.15) is 18.9 Å². The minimum absolute atomic E-state index is 0.0604. The smallest absolute Gasteiger partial charge is 0.305 e. The molecule has 1 aromatic rings. The molecular weight excluding hydrogens is 246 g/mol. The van der Waals surface area contributed by atoms with Crippen molar-refractivity contribution in [3.05, 3.63) is 29.8 Å². The molecule has 1 rings (SSSR count). The molecule has 0 aliphatic rings. The van der Waals surface area contributed by atoms with Gasteiger partial charge in [0, 0.05) is 19.3 Å². The van der Waals surface area contributed by atoms with Crippen LogP contribution in [0.4, 0.5) is 5.69 Å². The summed E-state index contributed by atoms with van der Waals surface area (Å²) >= 11 is 0. The Morgan fingerprint density at radius 3 is 2.37 bits per heavy atom. The van der Waals surface area contributed by atoms with Crippen LogP contribution in [0, 0.1) is 0 Å². The van der Waals surface area contributed by atoms with Crippen LogP contribution in [0.3, 0.4) is 0 Å². The number of hydrogen-bond donors (Lipinski definition) is 1. The zero-order valence-electron chi connectivity index (χ0n) is 11.3. The van der Waals surface area contributed by atoms with Crippen LogP contribution in [-0.2, 0) is 20.7 Å². The topological polar surface area (TPSA) is 66.8 Å². The number of aryl methyl sites for hydroxylation is 1. The van der Waals surface area contributed by atoms with Crippen molar-refractivity contribution in [2.75, 3.05) is 25.2 Å². The number of hydrogen-bond acceptors (Lipinski definition) is 3. The number of carboxylic acid groups (broad SMARTS) is 1. The Morgan fingerprint density at radius 2 is 1.89 bits per heavy atom. The van der Waals surface area contributed by atoms with E-state index in [-0.39, 0.29) is 25.5 Å². The van der Waals surface area contributed by atoms with E-state index < -0.39 is 5.97 Å². The SMILES string of the molecule is CCc1ccc(N(CCC(=O)O)C(=O)COC)cc1. The van der Waals surface area contributed by atoms with Crippen molar-refractivity contribution in [1.82, 2.24) is 0 Å². The predicted octanol–water partition coefficient (Wildman–Crippen LogP) is 1.70. The molecule has 0 aromatic heterocycles. The highest BCUT2D eigenvalue weighted by molar-refractivity contribution is 5.94. The highest BCUT2D eigenvalue weighted by Crippen LogP contribution is 2.16. The number of carbonyl (C=O) groups excluding carboxylic acids is 1. The number of ether oxygens (including phenoxy) is 1. The maximum atomic E-state index is 11.9. The van der Waals surface area contributed by atoms with Gasteiger partial charge in [-0.25, -0.2) is 0 Å². The quantitative estimate of drug-likeness (QED) is 0.815. The van der Waals surface area contributed by atoms with Gasteiger partial charge in [0.1, 0.15) is 6.61 Å². The van der Waals surface area contributed by atoms with E-state index in [4.69, 9.17) is 9.84 Å². The number of nitrogens with zero attached hydrogens (tertiary/aromatic N) is 1. The summed E-state index contributed by atoms with van der Waals surface area (Å²) in [5.74, 6) is -1.17. The van der Waals surface area contributed by atoms with E-state index >= 15 is 0 Å². The van der Waals surface area contributed by atoms with Gasteiger partial charge in [0.05, 0.1) is 6.42 Å². The van der Waals surface area contributed by atoms with E-state index in [1.54, 1.807) is 0 Å². The molecule has 0 heterocycles. The van der Waals surface area contributed by atoms with Gasteiger partial charge in [-0.15, -0.1) is 0 Å². The fourth-order valence-corrected chi connectivity index (χ4v) is 1.72. The summed E-state index contributed by atoms with van der Waals surface area (Å²) in [4.78, 5) is 24.0. The predicted molar refractivity (Wildman–Crippen MR) is 72.3 cm³/mol. The molecule has 104 valence electrons. The first-order chi connectivity index (χ1) is 9.08. The molecule has 5 heteroatoms. The second kappa shape index (κ2) is 7.53. The molecule has 0 bridgehead atoms. The Bertz CT molecular complexity index is 428. The normalized spacial score (nSPS) is 10.2. The van der Waals surface area contributed by atoms with Crippen LogP contribution in [0.2, 0.25) is 0 Å². The third kappa shape index (κ3) is 4.71. The molecule has 0 fully saturated rings. The number of amides is 1. The number of carboxylic acids is 1. The van der Waals surface area contributed by atoms with E-state index in [9.17, 15) is 9.59 Å². The molecule has 0 unspecified atom stereocenters. The first kappa shape index (κ1) is 15.2. The van der Waals surface area contributed by atoms with E-state index in [1.807, 2.05) is 31.2 Å². The minimum atomic E-state index is -0.930. The summed E-state index contributed by atoms with van der Waals surface area (Å²) in [7, 11) is 1.44. The molecule has 19 heavy (non-hydrogen) atoms. The summed E-state index contributed by atoms with van der Waals surface area (Å²) < 4.78 is 4.82. The van der Waals surface area contributed by atoms with E-state index in [1.165, 1.54) is 17.6 Å². The Balaban J connectivity index is 2.86. The number of benzene rings is 1. The zero-order valence-corrected chi connectivity index (χ0v) is 11.3. The van der Waals surface area contributed by atoms with Gasteiger partial charge in [-0.05, 0) is 24.1 Å². The van der Waals surface area contributed by atoms with Crippen molar-refractivity contribution in [2.24, 2.45) is 0 Å². The maximum Gasteiger partial charge on any atom is 0.305 e. The Kier molecular flexibility index (Phi) is 6.02. The second-order valence-electron chi connectivity index (χ2n) is 4.14. The molecule has 0 saturated heterocycles. The summed E-state index contributed by atoms with van der Waals surface area (Å²) in [6, 6.07) is 7.52. The zero-order chi connectivity index (χ0) is 14.3. The van der Waals surface area contributed by atoms with Crippen LogP contribution in [-0.4, -0.2) is 37.2 Å². The third-order valence-electron chi connectivity index (χ3n) is 2.77. The number of methoxy groups -OCH3 is 1. The number of anilines is 1. The van der Waals surface area contributed by atoms with Crippen molar-refractivity contribution in [3.8, 4) is 0 Å². The fraction of sp³-hybridized carbons (Fsp3) is 0.429. The lowest BCUT2D eigenvalue weighted by Gasteiger charge is -2.22. The third-order valence-corrected chi connectivity index (χ3v) is 2.77. The van der Waals surface area contributed by atoms with Gasteiger partial charge in [-0.3, -0.25) is 9.59 Å². The van der Waals surface area contributed by atoms with Crippen molar-refractivity contribution in [1.29, 1.82) is 0 Å². The molecule has 5 nitrogen and oxygen atoms in total. The molecule has 1 aromatic carbocycles. The minimum Gasteiger partial charge on any atom is -0.481 e. The van der Waals surface area contributed by atoms with E-state index in [2.05, 4.69) is 0 Å². The molecule has 1 N–H and O–H groups in total. The van der Waals surface area contributed by atoms with Gasteiger partial charge in [0.25, 0.3) is 5.91 Å². The average molecular weight is 265 g/mol.